The van der Waals surface area contributed by atoms with E-state index in [4.69, 9.17) is 15.5 Å². The number of carbonyl (C=O) groups excluding carboxylic acids is 2. The van der Waals surface area contributed by atoms with E-state index in [1.54, 1.807) is 0 Å². The molecule has 0 unspecified atom stereocenters. The number of H-pyrrole nitrogens is 1. The van der Waals surface area contributed by atoms with Gasteiger partial charge in [0.1, 0.15) is 11.6 Å². The van der Waals surface area contributed by atoms with Crippen molar-refractivity contribution < 1.29 is 14.3 Å². The maximum Gasteiger partial charge on any atom is 0.257 e. The van der Waals surface area contributed by atoms with Gasteiger partial charge in [0.05, 0.1) is 11.0 Å². The second kappa shape index (κ2) is 13.3. The minimum Gasteiger partial charge on any atom is -0.484 e. The van der Waals surface area contributed by atoms with Gasteiger partial charge >= 0.3 is 0 Å². The van der Waals surface area contributed by atoms with Gasteiger partial charge in [-0.15, -0.1) is 0 Å². The highest BCUT2D eigenvalue weighted by atomic mass is 16.5. The normalized spacial score (nSPS) is 14.5. The second-order valence-corrected chi connectivity index (χ2v) is 11.7. The van der Waals surface area contributed by atoms with E-state index >= 15 is 0 Å². The number of benzene rings is 3. The van der Waals surface area contributed by atoms with Gasteiger partial charge in [-0.05, 0) is 80.3 Å². The average Bonchev–Trinajstić information content (AvgIpc) is 3.64. The quantitative estimate of drug-likeness (QED) is 0.161. The third-order valence-corrected chi connectivity index (χ3v) is 8.42. The molecule has 0 saturated heterocycles. The number of carbonyl (C=O) groups is 2. The summed E-state index contributed by atoms with van der Waals surface area (Å²) in [6, 6.07) is 22.1. The van der Waals surface area contributed by atoms with E-state index in [9.17, 15) is 9.59 Å². The minimum absolute atomic E-state index is 0.0415. The predicted octanol–water partition coefficient (Wildman–Crippen LogP) is 5.50. The summed E-state index contributed by atoms with van der Waals surface area (Å²) < 4.78 is 8.02. The maximum atomic E-state index is 13.4. The van der Waals surface area contributed by atoms with Crippen molar-refractivity contribution in [3.05, 3.63) is 84.1 Å². The molecule has 2 amide bonds. The largest absolute Gasteiger partial charge is 0.484 e. The number of nitrogens with two attached hydrogens (primary N) is 1. The number of aromatic nitrogens is 3. The van der Waals surface area contributed by atoms with Gasteiger partial charge in [-0.1, -0.05) is 37.5 Å². The van der Waals surface area contributed by atoms with Crippen molar-refractivity contribution >= 4 is 33.8 Å². The Balaban J connectivity index is 1.22. The molecule has 0 aliphatic heterocycles. The number of nitrogens with one attached hydrogen (secondary N) is 3. The molecule has 0 radical (unpaired) electrons. The first kappa shape index (κ1) is 29.4. The number of para-hydroxylation sites is 1. The van der Waals surface area contributed by atoms with Crippen LogP contribution in [0.1, 0.15) is 61.0 Å². The lowest BCUT2D eigenvalue weighted by Gasteiger charge is -2.25. The van der Waals surface area contributed by atoms with Crippen LogP contribution in [-0.4, -0.2) is 52.1 Å². The van der Waals surface area contributed by atoms with Crippen LogP contribution in [0.2, 0.25) is 0 Å². The molecule has 1 atom stereocenters. The Morgan fingerprint density at radius 3 is 2.66 bits per heavy atom. The molecule has 1 aliphatic rings. The van der Waals surface area contributed by atoms with Gasteiger partial charge in [-0.2, -0.15) is 0 Å². The number of hydrogen-bond acceptors (Lipinski definition) is 5. The zero-order valence-corrected chi connectivity index (χ0v) is 25.1. The summed E-state index contributed by atoms with van der Waals surface area (Å²) in [5.74, 6) is 1.18. The Bertz CT molecular complexity index is 1750. The Morgan fingerprint density at radius 1 is 1.07 bits per heavy atom. The number of nitrogens with zero attached hydrogens (tertiary/aromatic N) is 2. The molecule has 2 aromatic heterocycles. The van der Waals surface area contributed by atoms with E-state index in [0.29, 0.717) is 30.4 Å². The van der Waals surface area contributed by atoms with Crippen LogP contribution < -0.4 is 21.1 Å². The summed E-state index contributed by atoms with van der Waals surface area (Å²) in [6.07, 6.45) is 8.60. The zero-order chi connectivity index (χ0) is 30.5. The highest BCUT2D eigenvalue weighted by molar-refractivity contribution is 5.98. The van der Waals surface area contributed by atoms with Crippen molar-refractivity contribution in [3.8, 4) is 17.1 Å². The fourth-order valence-corrected chi connectivity index (χ4v) is 6.25. The summed E-state index contributed by atoms with van der Waals surface area (Å²) in [7, 11) is 0. The molecule has 0 spiro atoms. The van der Waals surface area contributed by atoms with Crippen molar-refractivity contribution in [1.29, 1.82) is 0 Å². The fraction of sp³-hybridized carbons (Fsp3) is 0.343. The van der Waals surface area contributed by atoms with Gasteiger partial charge in [0, 0.05) is 53.4 Å². The number of rotatable bonds is 11. The minimum atomic E-state index is -0.203. The highest BCUT2D eigenvalue weighted by Crippen LogP contribution is 2.36. The molecular weight excluding hydrogens is 552 g/mol. The lowest BCUT2D eigenvalue weighted by atomic mass is 9.94. The van der Waals surface area contributed by atoms with Crippen molar-refractivity contribution in [1.82, 2.24) is 25.2 Å². The second-order valence-electron chi connectivity index (χ2n) is 11.7. The molecule has 9 heteroatoms. The molecule has 5 N–H and O–H groups in total. The molecule has 1 saturated carbocycles. The average molecular weight is 593 g/mol. The fourth-order valence-electron chi connectivity index (χ4n) is 6.25. The lowest BCUT2D eigenvalue weighted by molar-refractivity contribution is -0.123. The van der Waals surface area contributed by atoms with E-state index in [1.807, 2.05) is 67.7 Å². The standard InChI is InChI=1S/C35H40N6O3/c1-23(19-26-21-38-30-10-6-5-9-29(26)30)39-35(43)25-13-16-32-31(20-25)40-34(41(32)27-7-3-2-4-8-27)24-11-14-28(15-12-24)44-22-33(42)37-18-17-36/h5-6,9-16,20-21,23,27,38H,2-4,7-8,17-19,22,36H2,1H3,(H,37,42)(H,39,43)/t23-/m1/s1. The van der Waals surface area contributed by atoms with Gasteiger partial charge in [0.15, 0.2) is 6.61 Å². The van der Waals surface area contributed by atoms with Crippen molar-refractivity contribution in [3.63, 3.8) is 0 Å². The Labute approximate surface area is 257 Å². The molecule has 2 heterocycles. The molecule has 5 aromatic rings. The number of imidazole rings is 1. The molecule has 3 aromatic carbocycles. The first-order valence-electron chi connectivity index (χ1n) is 15.6. The van der Waals surface area contributed by atoms with Gasteiger partial charge in [0.2, 0.25) is 0 Å². The van der Waals surface area contributed by atoms with Crippen molar-refractivity contribution in [2.24, 2.45) is 5.73 Å². The topological polar surface area (TPSA) is 127 Å². The molecular formula is C35H40N6O3. The Hall–Kier alpha value is -4.63. The van der Waals surface area contributed by atoms with Crippen LogP contribution in [0.4, 0.5) is 0 Å². The van der Waals surface area contributed by atoms with E-state index < -0.39 is 0 Å². The molecule has 6 rings (SSSR count). The monoisotopic (exact) mass is 592 g/mol. The summed E-state index contributed by atoms with van der Waals surface area (Å²) in [5, 5.41) is 7.07. The van der Waals surface area contributed by atoms with E-state index in [-0.39, 0.29) is 24.5 Å². The smallest absolute Gasteiger partial charge is 0.257 e. The molecule has 0 bridgehead atoms. The van der Waals surface area contributed by atoms with Crippen LogP contribution in [0.25, 0.3) is 33.3 Å². The first-order chi connectivity index (χ1) is 21.5. The van der Waals surface area contributed by atoms with Crippen molar-refractivity contribution in [2.75, 3.05) is 19.7 Å². The molecule has 9 nitrogen and oxygen atoms in total. The third kappa shape index (κ3) is 6.48. The van der Waals surface area contributed by atoms with Crippen LogP contribution >= 0.6 is 0 Å². The third-order valence-electron chi connectivity index (χ3n) is 8.42. The zero-order valence-electron chi connectivity index (χ0n) is 25.1. The van der Waals surface area contributed by atoms with Crippen molar-refractivity contribution in [2.45, 2.75) is 57.5 Å². The summed E-state index contributed by atoms with van der Waals surface area (Å²) >= 11 is 0. The van der Waals surface area contributed by atoms with E-state index in [2.05, 4.69) is 32.3 Å². The molecule has 1 fully saturated rings. The van der Waals surface area contributed by atoms with Gasteiger partial charge in [-0.3, -0.25) is 9.59 Å². The maximum absolute atomic E-state index is 13.4. The van der Waals surface area contributed by atoms with Gasteiger partial charge < -0.3 is 30.7 Å². The van der Waals surface area contributed by atoms with Crippen LogP contribution in [-0.2, 0) is 11.2 Å². The van der Waals surface area contributed by atoms with Crippen LogP contribution in [0, 0.1) is 0 Å². The Morgan fingerprint density at radius 2 is 1.86 bits per heavy atom. The molecule has 44 heavy (non-hydrogen) atoms. The van der Waals surface area contributed by atoms with E-state index in [1.165, 1.54) is 30.2 Å². The number of hydrogen-bond donors (Lipinski definition) is 4. The van der Waals surface area contributed by atoms with E-state index in [0.717, 1.165) is 47.2 Å². The SMILES string of the molecule is C[C@H](Cc1c[nH]c2ccccc12)NC(=O)c1ccc2c(c1)nc(-c1ccc(OCC(=O)NCCN)cc1)n2C1CCCCC1. The number of amides is 2. The first-order valence-corrected chi connectivity index (χ1v) is 15.6. The van der Waals surface area contributed by atoms with Crippen LogP contribution in [0.5, 0.6) is 5.75 Å². The summed E-state index contributed by atoms with van der Waals surface area (Å²) in [4.78, 5) is 33.6. The van der Waals surface area contributed by atoms with Crippen LogP contribution in [0.15, 0.2) is 72.9 Å². The Kier molecular flexibility index (Phi) is 8.93. The number of ether oxygens (including phenoxy) is 1. The number of fused-ring (bicyclic) bond motifs is 2. The lowest BCUT2D eigenvalue weighted by Crippen LogP contribution is -2.34. The van der Waals surface area contributed by atoms with Crippen LogP contribution in [0.3, 0.4) is 0 Å². The van der Waals surface area contributed by atoms with Gasteiger partial charge in [-0.25, -0.2) is 4.98 Å². The molecule has 1 aliphatic carbocycles. The highest BCUT2D eigenvalue weighted by Gasteiger charge is 2.23. The van der Waals surface area contributed by atoms with Gasteiger partial charge in [0.25, 0.3) is 11.8 Å². The predicted molar refractivity (Wildman–Crippen MR) is 174 cm³/mol. The summed E-state index contributed by atoms with van der Waals surface area (Å²) in [5.41, 5.74) is 11.1. The molecule has 228 valence electrons. The number of aromatic amines is 1. The summed E-state index contributed by atoms with van der Waals surface area (Å²) in [6.45, 7) is 2.78.